The number of aliphatic hydroxyl groups excluding tert-OH is 1. The summed E-state index contributed by atoms with van der Waals surface area (Å²) >= 11 is 2.16. The molecule has 0 fully saturated rings. The molecule has 5 rings (SSSR count). The number of halogens is 1. The number of rotatable bonds is 14. The molecule has 15 heteroatoms. The van der Waals surface area contributed by atoms with Crippen molar-refractivity contribution >= 4 is 40.8 Å². The first-order valence-electron chi connectivity index (χ1n) is 14.8. The first-order valence-corrected chi connectivity index (χ1v) is 15.9. The largest absolute Gasteiger partial charge is 0.493 e. The highest BCUT2D eigenvalue weighted by molar-refractivity contribution is 14.1. The molecule has 2 heterocycles. The summed E-state index contributed by atoms with van der Waals surface area (Å²) in [4.78, 5) is 24.7. The summed E-state index contributed by atoms with van der Waals surface area (Å²) in [6, 6.07) is 13.1. The summed E-state index contributed by atoms with van der Waals surface area (Å²) in [5.74, 6) is 2.63. The first-order chi connectivity index (χ1) is 23.2. The fourth-order valence-corrected chi connectivity index (χ4v) is 5.74. The third kappa shape index (κ3) is 8.14. The van der Waals surface area contributed by atoms with E-state index in [2.05, 4.69) is 43.8 Å². The average Bonchev–Trinajstić information content (AvgIpc) is 3.54. The van der Waals surface area contributed by atoms with Crippen LogP contribution in [0.15, 0.2) is 64.9 Å². The summed E-state index contributed by atoms with van der Waals surface area (Å²) in [5, 5.41) is 20.0. The van der Waals surface area contributed by atoms with Gasteiger partial charge in [-0.25, -0.2) is 9.59 Å². The van der Waals surface area contributed by atoms with E-state index < -0.39 is 24.3 Å². The number of benzene rings is 3. The van der Waals surface area contributed by atoms with Gasteiger partial charge in [-0.15, -0.1) is 0 Å². The lowest BCUT2D eigenvalue weighted by atomic mass is 9.95. The predicted molar refractivity (Wildman–Crippen MR) is 182 cm³/mol. The van der Waals surface area contributed by atoms with E-state index in [1.165, 1.54) is 13.3 Å². The molecular formula is C33H35IN4O10. The van der Waals surface area contributed by atoms with E-state index in [4.69, 9.17) is 33.2 Å². The molecule has 3 aromatic rings. The number of amides is 2. The SMILES string of the molecule is CCOc1cc([C@H]2NC(=O)NC(C)=C2C(=O)OC)ccc1OC[C@@H](O)N/N=C\c1cc(I)c(OCc2ccc3c(c2)OCO3)c(OC)c1. The molecule has 0 bridgehead atoms. The van der Waals surface area contributed by atoms with Gasteiger partial charge in [0.15, 0.2) is 40.7 Å². The number of methoxy groups -OCH3 is 2. The number of nitrogens with one attached hydrogen (secondary N) is 3. The number of ether oxygens (including phenoxy) is 7. The number of hydrazone groups is 1. The molecule has 0 spiro atoms. The van der Waals surface area contributed by atoms with Crippen molar-refractivity contribution in [2.45, 2.75) is 32.7 Å². The lowest BCUT2D eigenvalue weighted by Gasteiger charge is -2.28. The number of esters is 1. The van der Waals surface area contributed by atoms with Gasteiger partial charge in [0, 0.05) is 5.70 Å². The quantitative estimate of drug-likeness (QED) is 0.0612. The number of aliphatic hydroxyl groups is 1. The van der Waals surface area contributed by atoms with Gasteiger partial charge in [-0.3, -0.25) is 5.43 Å². The molecule has 0 saturated carbocycles. The van der Waals surface area contributed by atoms with Gasteiger partial charge >= 0.3 is 12.0 Å². The van der Waals surface area contributed by atoms with Gasteiger partial charge in [0.2, 0.25) is 6.79 Å². The van der Waals surface area contributed by atoms with Crippen LogP contribution in [0.4, 0.5) is 4.79 Å². The molecule has 4 N–H and O–H groups in total. The van der Waals surface area contributed by atoms with Gasteiger partial charge in [0.05, 0.1) is 42.2 Å². The second-order valence-electron chi connectivity index (χ2n) is 10.4. The summed E-state index contributed by atoms with van der Waals surface area (Å²) in [5.41, 5.74) is 5.50. The maximum Gasteiger partial charge on any atom is 0.337 e. The lowest BCUT2D eigenvalue weighted by molar-refractivity contribution is -0.136. The number of urea groups is 1. The van der Waals surface area contributed by atoms with Crippen LogP contribution in [0.5, 0.6) is 34.5 Å². The van der Waals surface area contributed by atoms with Crippen LogP contribution in [0.2, 0.25) is 0 Å². The molecule has 48 heavy (non-hydrogen) atoms. The molecule has 2 aliphatic heterocycles. The number of fused-ring (bicyclic) bond motifs is 1. The Morgan fingerprint density at radius 2 is 1.90 bits per heavy atom. The van der Waals surface area contributed by atoms with E-state index in [0.717, 1.165) is 9.13 Å². The van der Waals surface area contributed by atoms with E-state index in [0.29, 0.717) is 64.5 Å². The van der Waals surface area contributed by atoms with Crippen molar-refractivity contribution in [1.82, 2.24) is 16.1 Å². The van der Waals surface area contributed by atoms with Gasteiger partial charge in [0.1, 0.15) is 13.2 Å². The van der Waals surface area contributed by atoms with Crippen LogP contribution in [-0.2, 0) is 16.1 Å². The molecule has 0 aromatic heterocycles. The van der Waals surface area contributed by atoms with Crippen molar-refractivity contribution in [2.24, 2.45) is 5.10 Å². The standard InChI is InChI=1S/C33H35IN4O10/c1-5-44-26-13-21(30-29(32(40)43-4)18(2)36-33(41)37-30)7-9-23(26)45-16-28(39)38-35-14-20-10-22(34)31(27(12-20)42-3)46-15-19-6-8-24-25(11-19)48-17-47-24/h6-14,28,30,38-39H,5,15-17H2,1-4H3,(H2,36,37,41)/b35-14-/t28-,30-/m1/s1. The molecule has 0 radical (unpaired) electrons. The Kier molecular flexibility index (Phi) is 11.3. The number of carbonyl (C=O) groups excluding carboxylic acids is 2. The van der Waals surface area contributed by atoms with Crippen LogP contribution in [-0.4, -0.2) is 63.8 Å². The fourth-order valence-electron chi connectivity index (χ4n) is 4.96. The third-order valence-electron chi connectivity index (χ3n) is 7.18. The second-order valence-corrected chi connectivity index (χ2v) is 11.6. The van der Waals surface area contributed by atoms with E-state index in [1.54, 1.807) is 38.3 Å². The van der Waals surface area contributed by atoms with Crippen LogP contribution < -0.4 is 44.5 Å². The summed E-state index contributed by atoms with van der Waals surface area (Å²) < 4.78 is 39.8. The van der Waals surface area contributed by atoms with Crippen molar-refractivity contribution in [1.29, 1.82) is 0 Å². The number of hydrogen-bond donors (Lipinski definition) is 4. The summed E-state index contributed by atoms with van der Waals surface area (Å²) in [7, 11) is 2.83. The van der Waals surface area contributed by atoms with Crippen LogP contribution >= 0.6 is 22.6 Å². The summed E-state index contributed by atoms with van der Waals surface area (Å²) in [6.45, 7) is 4.11. The Hall–Kier alpha value is -4.90. The topological polar surface area (TPSA) is 167 Å². The Bertz CT molecular complexity index is 1730. The smallest absolute Gasteiger partial charge is 0.337 e. The molecule has 14 nitrogen and oxygen atoms in total. The van der Waals surface area contributed by atoms with Gasteiger partial charge in [0.25, 0.3) is 0 Å². The highest BCUT2D eigenvalue weighted by atomic mass is 127. The van der Waals surface area contributed by atoms with E-state index in [-0.39, 0.29) is 19.0 Å². The zero-order valence-electron chi connectivity index (χ0n) is 26.6. The molecule has 2 aliphatic rings. The minimum Gasteiger partial charge on any atom is -0.493 e. The maximum absolute atomic E-state index is 12.5. The molecule has 2 atom stereocenters. The van der Waals surface area contributed by atoms with Gasteiger partial charge in [-0.05, 0) is 89.5 Å². The Balaban J connectivity index is 1.19. The lowest BCUT2D eigenvalue weighted by Crippen LogP contribution is -2.45. The Morgan fingerprint density at radius 1 is 1.08 bits per heavy atom. The molecule has 2 amide bonds. The highest BCUT2D eigenvalue weighted by Gasteiger charge is 2.32. The number of hydrogen-bond acceptors (Lipinski definition) is 12. The zero-order chi connectivity index (χ0) is 34.2. The van der Waals surface area contributed by atoms with Crippen LogP contribution in [0.25, 0.3) is 0 Å². The fraction of sp³-hybridized carbons (Fsp3) is 0.303. The molecule has 0 saturated heterocycles. The predicted octanol–water partition coefficient (Wildman–Crippen LogP) is 4.13. The van der Waals surface area contributed by atoms with Gasteiger partial charge in [-0.2, -0.15) is 5.10 Å². The number of allylic oxidation sites excluding steroid dienone is 1. The average molecular weight is 775 g/mol. The Labute approximate surface area is 290 Å². The first kappa shape index (κ1) is 34.4. The Morgan fingerprint density at radius 3 is 2.67 bits per heavy atom. The monoisotopic (exact) mass is 774 g/mol. The minimum atomic E-state index is -1.17. The highest BCUT2D eigenvalue weighted by Crippen LogP contribution is 2.37. The molecular weight excluding hydrogens is 739 g/mol. The molecule has 3 aromatic carbocycles. The minimum absolute atomic E-state index is 0.166. The maximum atomic E-state index is 12.5. The van der Waals surface area contributed by atoms with Gasteiger partial charge in [-0.1, -0.05) is 12.1 Å². The molecule has 0 unspecified atom stereocenters. The van der Waals surface area contributed by atoms with Crippen molar-refractivity contribution < 1.29 is 47.9 Å². The van der Waals surface area contributed by atoms with Gasteiger partial charge < -0.3 is 48.9 Å². The van der Waals surface area contributed by atoms with Crippen molar-refractivity contribution in [3.8, 4) is 34.5 Å². The number of carbonyl (C=O) groups is 2. The van der Waals surface area contributed by atoms with E-state index in [9.17, 15) is 14.7 Å². The van der Waals surface area contributed by atoms with Crippen molar-refractivity contribution in [2.75, 3.05) is 34.2 Å². The number of nitrogens with zero attached hydrogens (tertiary/aromatic N) is 1. The van der Waals surface area contributed by atoms with Crippen LogP contribution in [0, 0.1) is 3.57 Å². The normalized spacial score (nSPS) is 15.8. The van der Waals surface area contributed by atoms with E-state index in [1.807, 2.05) is 31.2 Å². The molecule has 0 aliphatic carbocycles. The molecule has 254 valence electrons. The third-order valence-corrected chi connectivity index (χ3v) is 7.98. The zero-order valence-corrected chi connectivity index (χ0v) is 28.8. The van der Waals surface area contributed by atoms with E-state index >= 15 is 0 Å². The van der Waals surface area contributed by atoms with Crippen molar-refractivity contribution in [3.63, 3.8) is 0 Å². The summed E-state index contributed by atoms with van der Waals surface area (Å²) in [6.07, 6.45) is 0.374. The van der Waals surface area contributed by atoms with Crippen LogP contribution in [0.1, 0.15) is 36.6 Å². The second kappa shape index (κ2) is 15.8. The van der Waals surface area contributed by atoms with Crippen LogP contribution in [0.3, 0.4) is 0 Å². The van der Waals surface area contributed by atoms with Crippen molar-refractivity contribution in [3.05, 3.63) is 80.1 Å².